The molecule has 1 aliphatic carbocycles. The second-order valence-electron chi connectivity index (χ2n) is 6.85. The van der Waals surface area contributed by atoms with Crippen molar-refractivity contribution < 1.29 is 16.8 Å². The van der Waals surface area contributed by atoms with Gasteiger partial charge in [0.25, 0.3) is 0 Å². The SMILES string of the molecule is Cc1ccc(S(=O)(=O)NCC2CCN(S(=O)(=O)C3CC3)CC2)cc1Cl. The predicted molar refractivity (Wildman–Crippen MR) is 97.6 cm³/mol. The Morgan fingerprint density at radius 2 is 1.76 bits per heavy atom. The highest BCUT2D eigenvalue weighted by atomic mass is 35.5. The molecule has 1 saturated heterocycles. The van der Waals surface area contributed by atoms with E-state index < -0.39 is 20.0 Å². The lowest BCUT2D eigenvalue weighted by Crippen LogP contribution is -2.42. The third-order valence-electron chi connectivity index (χ3n) is 4.89. The molecule has 6 nitrogen and oxygen atoms in total. The highest BCUT2D eigenvalue weighted by molar-refractivity contribution is 7.90. The number of hydrogen-bond acceptors (Lipinski definition) is 4. The van der Waals surface area contributed by atoms with Crippen LogP contribution in [0.1, 0.15) is 31.2 Å². The maximum Gasteiger partial charge on any atom is 0.240 e. The first-order valence-electron chi connectivity index (χ1n) is 8.45. The molecule has 0 radical (unpaired) electrons. The minimum absolute atomic E-state index is 0.140. The van der Waals surface area contributed by atoms with Crippen LogP contribution >= 0.6 is 11.6 Å². The second-order valence-corrected chi connectivity index (χ2v) is 11.2. The molecule has 25 heavy (non-hydrogen) atoms. The third-order valence-corrected chi connectivity index (χ3v) is 9.12. The third kappa shape index (κ3) is 4.36. The van der Waals surface area contributed by atoms with E-state index in [9.17, 15) is 16.8 Å². The van der Waals surface area contributed by atoms with Gasteiger partial charge in [-0.3, -0.25) is 0 Å². The first-order valence-corrected chi connectivity index (χ1v) is 11.8. The van der Waals surface area contributed by atoms with E-state index in [2.05, 4.69) is 4.72 Å². The Bertz CT molecular complexity index is 843. The zero-order valence-corrected chi connectivity index (χ0v) is 16.5. The van der Waals surface area contributed by atoms with Crippen LogP contribution in [0.25, 0.3) is 0 Å². The first-order chi connectivity index (χ1) is 11.7. The molecule has 0 amide bonds. The Hall–Kier alpha value is -0.670. The average molecular weight is 407 g/mol. The molecule has 9 heteroatoms. The summed E-state index contributed by atoms with van der Waals surface area (Å²) < 4.78 is 53.4. The fourth-order valence-electron chi connectivity index (χ4n) is 3.00. The molecule has 0 bridgehead atoms. The molecule has 0 aromatic heterocycles. The molecule has 1 heterocycles. The van der Waals surface area contributed by atoms with Gasteiger partial charge in [-0.25, -0.2) is 25.9 Å². The molecule has 140 valence electrons. The van der Waals surface area contributed by atoms with Gasteiger partial charge in [0, 0.05) is 24.7 Å². The van der Waals surface area contributed by atoms with E-state index >= 15 is 0 Å². The largest absolute Gasteiger partial charge is 0.240 e. The zero-order chi connectivity index (χ0) is 18.2. The summed E-state index contributed by atoms with van der Waals surface area (Å²) in [6.07, 6.45) is 2.87. The summed E-state index contributed by atoms with van der Waals surface area (Å²) in [5.74, 6) is 0.140. The molecule has 1 aromatic carbocycles. The summed E-state index contributed by atoms with van der Waals surface area (Å²) in [6.45, 7) is 3.07. The molecule has 1 N–H and O–H groups in total. The Kier molecular flexibility index (Phi) is 5.46. The lowest BCUT2D eigenvalue weighted by Gasteiger charge is -2.31. The Labute approximate surface area is 154 Å². The highest BCUT2D eigenvalue weighted by Gasteiger charge is 2.41. The molecule has 1 aliphatic heterocycles. The minimum atomic E-state index is -3.61. The zero-order valence-electron chi connectivity index (χ0n) is 14.1. The van der Waals surface area contributed by atoms with Crippen LogP contribution in [0.5, 0.6) is 0 Å². The number of rotatable bonds is 6. The van der Waals surface area contributed by atoms with Gasteiger partial charge < -0.3 is 0 Å². The standard InChI is InChI=1S/C16H23ClN2O4S2/c1-12-2-3-15(10-16(12)17)24(20,21)18-11-13-6-8-19(9-7-13)25(22,23)14-4-5-14/h2-3,10,13-14,18H,4-9,11H2,1H3. The Morgan fingerprint density at radius 1 is 1.12 bits per heavy atom. The molecule has 2 fully saturated rings. The fourth-order valence-corrected chi connectivity index (χ4v) is 6.26. The van der Waals surface area contributed by atoms with E-state index in [4.69, 9.17) is 11.6 Å². The first kappa shape index (κ1) is 19.1. The molecule has 2 aliphatic rings. The fraction of sp³-hybridized carbons (Fsp3) is 0.625. The van der Waals surface area contributed by atoms with Gasteiger partial charge in [0.2, 0.25) is 20.0 Å². The van der Waals surface area contributed by atoms with Crippen molar-refractivity contribution in [3.63, 3.8) is 0 Å². The van der Waals surface area contributed by atoms with Crippen molar-refractivity contribution in [3.8, 4) is 0 Å². The van der Waals surface area contributed by atoms with Gasteiger partial charge in [-0.05, 0) is 56.2 Å². The van der Waals surface area contributed by atoms with E-state index in [1.807, 2.05) is 6.92 Å². The minimum Gasteiger partial charge on any atom is -0.212 e. The number of halogens is 1. The van der Waals surface area contributed by atoms with E-state index in [1.54, 1.807) is 10.4 Å². The van der Waals surface area contributed by atoms with Gasteiger partial charge in [0.1, 0.15) is 0 Å². The van der Waals surface area contributed by atoms with Crippen molar-refractivity contribution in [3.05, 3.63) is 28.8 Å². The molecular formula is C16H23ClN2O4S2. The number of aryl methyl sites for hydroxylation is 1. The van der Waals surface area contributed by atoms with Crippen molar-refractivity contribution in [2.24, 2.45) is 5.92 Å². The summed E-state index contributed by atoms with van der Waals surface area (Å²) >= 11 is 6.00. The van der Waals surface area contributed by atoms with Crippen molar-refractivity contribution >= 4 is 31.6 Å². The number of nitrogens with zero attached hydrogens (tertiary/aromatic N) is 1. The second kappa shape index (κ2) is 7.15. The lowest BCUT2D eigenvalue weighted by molar-refractivity contribution is 0.274. The maximum absolute atomic E-state index is 12.4. The van der Waals surface area contributed by atoms with Crippen molar-refractivity contribution in [1.82, 2.24) is 9.03 Å². The van der Waals surface area contributed by atoms with E-state index in [-0.39, 0.29) is 16.1 Å². The van der Waals surface area contributed by atoms with Gasteiger partial charge in [-0.15, -0.1) is 0 Å². The van der Waals surface area contributed by atoms with Crippen LogP contribution in [0.3, 0.4) is 0 Å². The molecular weight excluding hydrogens is 384 g/mol. The van der Waals surface area contributed by atoms with Crippen molar-refractivity contribution in [2.75, 3.05) is 19.6 Å². The number of benzene rings is 1. The van der Waals surface area contributed by atoms with Crippen LogP contribution in [0.2, 0.25) is 5.02 Å². The van der Waals surface area contributed by atoms with Crippen molar-refractivity contribution in [2.45, 2.75) is 42.8 Å². The van der Waals surface area contributed by atoms with E-state index in [0.29, 0.717) is 37.5 Å². The average Bonchev–Trinajstić information content (AvgIpc) is 3.41. The highest BCUT2D eigenvalue weighted by Crippen LogP contribution is 2.33. The number of hydrogen-bond donors (Lipinski definition) is 1. The number of nitrogens with one attached hydrogen (secondary N) is 1. The van der Waals surface area contributed by atoms with Gasteiger partial charge in [0.05, 0.1) is 10.1 Å². The topological polar surface area (TPSA) is 83.6 Å². The molecule has 0 atom stereocenters. The van der Waals surface area contributed by atoms with Gasteiger partial charge >= 0.3 is 0 Å². The Balaban J connectivity index is 1.55. The molecule has 0 unspecified atom stereocenters. The summed E-state index contributed by atoms with van der Waals surface area (Å²) in [5.41, 5.74) is 0.824. The molecule has 1 aromatic rings. The number of sulfonamides is 2. The molecule has 3 rings (SSSR count). The van der Waals surface area contributed by atoms with Crippen molar-refractivity contribution in [1.29, 1.82) is 0 Å². The maximum atomic E-state index is 12.4. The van der Waals surface area contributed by atoms with Crippen LogP contribution < -0.4 is 4.72 Å². The lowest BCUT2D eigenvalue weighted by atomic mass is 9.99. The monoisotopic (exact) mass is 406 g/mol. The van der Waals surface area contributed by atoms with E-state index in [1.165, 1.54) is 12.1 Å². The van der Waals surface area contributed by atoms with E-state index in [0.717, 1.165) is 18.4 Å². The van der Waals surface area contributed by atoms with Gasteiger partial charge in [0.15, 0.2) is 0 Å². The van der Waals surface area contributed by atoms with Crippen LogP contribution in [-0.2, 0) is 20.0 Å². The summed E-state index contributed by atoms with van der Waals surface area (Å²) in [7, 11) is -6.74. The van der Waals surface area contributed by atoms with Crippen LogP contribution in [0.15, 0.2) is 23.1 Å². The summed E-state index contributed by atoms with van der Waals surface area (Å²) in [4.78, 5) is 0.150. The van der Waals surface area contributed by atoms with Crippen LogP contribution in [0, 0.1) is 12.8 Å². The smallest absolute Gasteiger partial charge is 0.212 e. The molecule has 0 spiro atoms. The van der Waals surface area contributed by atoms with Gasteiger partial charge in [-0.2, -0.15) is 0 Å². The summed E-state index contributed by atoms with van der Waals surface area (Å²) in [6, 6.07) is 4.66. The predicted octanol–water partition coefficient (Wildman–Crippen LogP) is 2.13. The van der Waals surface area contributed by atoms with Crippen LogP contribution in [0.4, 0.5) is 0 Å². The Morgan fingerprint density at radius 3 is 2.32 bits per heavy atom. The molecule has 1 saturated carbocycles. The summed E-state index contributed by atoms with van der Waals surface area (Å²) in [5, 5.41) is 0.232. The number of piperidine rings is 1. The van der Waals surface area contributed by atoms with Crippen LogP contribution in [-0.4, -0.2) is 46.0 Å². The van der Waals surface area contributed by atoms with Gasteiger partial charge in [-0.1, -0.05) is 17.7 Å². The normalized spacial score (nSPS) is 20.7. The quantitative estimate of drug-likeness (QED) is 0.784.